The molecular weight excluding hydrogens is 242 g/mol. The van der Waals surface area contributed by atoms with Crippen LogP contribution in [0.1, 0.15) is 24.8 Å². The van der Waals surface area contributed by atoms with E-state index in [1.807, 2.05) is 12.1 Å². The van der Waals surface area contributed by atoms with Gasteiger partial charge in [-0.3, -0.25) is 0 Å². The Labute approximate surface area is 92.3 Å². The number of aromatic hydroxyl groups is 1. The molecule has 0 heterocycles. The second kappa shape index (κ2) is 3.55. The van der Waals surface area contributed by atoms with Gasteiger partial charge in [-0.2, -0.15) is 0 Å². The maximum atomic E-state index is 9.39. The number of halogens is 1. The van der Waals surface area contributed by atoms with Crippen molar-refractivity contribution >= 4 is 15.9 Å². The maximum absolute atomic E-state index is 9.39. The molecule has 0 bridgehead atoms. The Balaban J connectivity index is 2.36. The second-order valence-corrected chi connectivity index (χ2v) is 4.86. The Morgan fingerprint density at radius 3 is 2.57 bits per heavy atom. The van der Waals surface area contributed by atoms with Gasteiger partial charge in [0.2, 0.25) is 0 Å². The molecule has 0 saturated heterocycles. The van der Waals surface area contributed by atoms with Crippen molar-refractivity contribution in [3.05, 3.63) is 28.2 Å². The first kappa shape index (κ1) is 9.99. The molecule has 1 aliphatic carbocycles. The highest BCUT2D eigenvalue weighted by Crippen LogP contribution is 2.44. The van der Waals surface area contributed by atoms with Gasteiger partial charge in [0, 0.05) is 12.0 Å². The van der Waals surface area contributed by atoms with E-state index in [1.165, 1.54) is 24.8 Å². The quantitative estimate of drug-likeness (QED) is 0.854. The van der Waals surface area contributed by atoms with Crippen LogP contribution >= 0.6 is 15.9 Å². The van der Waals surface area contributed by atoms with Crippen molar-refractivity contribution in [1.82, 2.24) is 0 Å². The van der Waals surface area contributed by atoms with Crippen LogP contribution < -0.4 is 5.73 Å². The minimum absolute atomic E-state index is 0.177. The van der Waals surface area contributed by atoms with Crippen LogP contribution in [0.2, 0.25) is 0 Å². The van der Waals surface area contributed by atoms with Crippen molar-refractivity contribution in [3.63, 3.8) is 0 Å². The first-order chi connectivity index (χ1) is 6.68. The molecule has 0 radical (unpaired) electrons. The molecule has 1 aromatic carbocycles. The monoisotopic (exact) mass is 255 g/mol. The number of phenols is 1. The predicted molar refractivity (Wildman–Crippen MR) is 60.4 cm³/mol. The van der Waals surface area contributed by atoms with Gasteiger partial charge in [-0.05, 0) is 46.5 Å². The summed E-state index contributed by atoms with van der Waals surface area (Å²) in [7, 11) is 0. The number of hydrogen-bond acceptors (Lipinski definition) is 2. The zero-order chi connectivity index (χ0) is 10.2. The zero-order valence-electron chi connectivity index (χ0n) is 7.96. The summed E-state index contributed by atoms with van der Waals surface area (Å²) in [6.07, 6.45) is 3.59. The Morgan fingerprint density at radius 2 is 2.14 bits per heavy atom. The largest absolute Gasteiger partial charge is 0.507 e. The van der Waals surface area contributed by atoms with Gasteiger partial charge in [-0.15, -0.1) is 0 Å². The van der Waals surface area contributed by atoms with Gasteiger partial charge in [0.25, 0.3) is 0 Å². The first-order valence-corrected chi connectivity index (χ1v) is 5.66. The van der Waals surface area contributed by atoms with Crippen LogP contribution in [-0.2, 0) is 5.41 Å². The number of benzene rings is 1. The Morgan fingerprint density at radius 1 is 1.43 bits per heavy atom. The summed E-state index contributed by atoms with van der Waals surface area (Å²) in [5.74, 6) is 0.292. The lowest BCUT2D eigenvalue weighted by Gasteiger charge is -2.41. The summed E-state index contributed by atoms with van der Waals surface area (Å²) in [4.78, 5) is 0. The molecule has 0 aliphatic heterocycles. The average molecular weight is 256 g/mol. The molecule has 0 unspecified atom stereocenters. The number of rotatable bonds is 2. The highest BCUT2D eigenvalue weighted by molar-refractivity contribution is 9.10. The van der Waals surface area contributed by atoms with Gasteiger partial charge in [0.1, 0.15) is 5.75 Å². The van der Waals surface area contributed by atoms with E-state index in [0.29, 0.717) is 12.3 Å². The maximum Gasteiger partial charge on any atom is 0.129 e. The van der Waals surface area contributed by atoms with Crippen LogP contribution in [0, 0.1) is 0 Å². The third-order valence-corrected chi connectivity index (χ3v) is 3.90. The Kier molecular flexibility index (Phi) is 2.54. The van der Waals surface area contributed by atoms with E-state index in [-0.39, 0.29) is 5.41 Å². The van der Waals surface area contributed by atoms with E-state index in [2.05, 4.69) is 15.9 Å². The van der Waals surface area contributed by atoms with E-state index in [1.54, 1.807) is 6.07 Å². The molecule has 1 fully saturated rings. The summed E-state index contributed by atoms with van der Waals surface area (Å²) < 4.78 is 0.759. The minimum Gasteiger partial charge on any atom is -0.507 e. The summed E-state index contributed by atoms with van der Waals surface area (Å²) in [5.41, 5.74) is 7.23. The lowest BCUT2D eigenvalue weighted by Crippen LogP contribution is -2.41. The van der Waals surface area contributed by atoms with Gasteiger partial charge >= 0.3 is 0 Å². The van der Waals surface area contributed by atoms with Gasteiger partial charge in [0.05, 0.1) is 4.47 Å². The predicted octanol–water partition coefficient (Wildman–Crippen LogP) is 2.54. The van der Waals surface area contributed by atoms with E-state index < -0.39 is 0 Å². The molecule has 3 heteroatoms. The lowest BCUT2D eigenvalue weighted by molar-refractivity contribution is 0.252. The van der Waals surface area contributed by atoms with Crippen LogP contribution in [-0.4, -0.2) is 11.7 Å². The van der Waals surface area contributed by atoms with Gasteiger partial charge in [-0.25, -0.2) is 0 Å². The molecule has 76 valence electrons. The van der Waals surface area contributed by atoms with E-state index in [9.17, 15) is 5.11 Å². The molecule has 14 heavy (non-hydrogen) atoms. The zero-order valence-corrected chi connectivity index (χ0v) is 9.55. The molecule has 2 nitrogen and oxygen atoms in total. The number of hydrogen-bond donors (Lipinski definition) is 2. The van der Waals surface area contributed by atoms with Crippen LogP contribution in [0.4, 0.5) is 0 Å². The Hall–Kier alpha value is -0.540. The third-order valence-electron chi connectivity index (χ3n) is 3.26. The molecule has 1 aromatic rings. The van der Waals surface area contributed by atoms with Crippen LogP contribution in [0.25, 0.3) is 0 Å². The third kappa shape index (κ3) is 1.44. The summed E-state index contributed by atoms with van der Waals surface area (Å²) in [6, 6.07) is 5.70. The first-order valence-electron chi connectivity index (χ1n) is 4.87. The SMILES string of the molecule is NCC1(c2ccc(O)c(Br)c2)CCC1. The van der Waals surface area contributed by atoms with Gasteiger partial charge < -0.3 is 10.8 Å². The fourth-order valence-electron chi connectivity index (χ4n) is 2.05. The molecule has 1 saturated carbocycles. The van der Waals surface area contributed by atoms with E-state index in [0.717, 1.165) is 4.47 Å². The molecule has 0 atom stereocenters. The van der Waals surface area contributed by atoms with Crippen molar-refractivity contribution in [1.29, 1.82) is 0 Å². The summed E-state index contributed by atoms with van der Waals surface area (Å²) in [6.45, 7) is 0.699. The average Bonchev–Trinajstić information content (AvgIpc) is 2.10. The fourth-order valence-corrected chi connectivity index (χ4v) is 2.43. The van der Waals surface area contributed by atoms with E-state index >= 15 is 0 Å². The molecular formula is C11H14BrNO. The molecule has 0 aromatic heterocycles. The molecule has 2 rings (SSSR count). The van der Waals surface area contributed by atoms with Crippen LogP contribution in [0.15, 0.2) is 22.7 Å². The van der Waals surface area contributed by atoms with Crippen molar-refractivity contribution in [2.75, 3.05) is 6.54 Å². The molecule has 0 spiro atoms. The topological polar surface area (TPSA) is 46.2 Å². The van der Waals surface area contributed by atoms with Crippen molar-refractivity contribution in [3.8, 4) is 5.75 Å². The summed E-state index contributed by atoms with van der Waals surface area (Å²) in [5, 5.41) is 9.39. The molecule has 3 N–H and O–H groups in total. The number of nitrogens with two attached hydrogens (primary N) is 1. The normalized spacial score (nSPS) is 19.0. The highest BCUT2D eigenvalue weighted by atomic mass is 79.9. The van der Waals surface area contributed by atoms with Gasteiger partial charge in [0.15, 0.2) is 0 Å². The highest BCUT2D eigenvalue weighted by Gasteiger charge is 2.37. The fraction of sp³-hybridized carbons (Fsp3) is 0.455. The molecule has 1 aliphatic rings. The van der Waals surface area contributed by atoms with Crippen molar-refractivity contribution < 1.29 is 5.11 Å². The van der Waals surface area contributed by atoms with Crippen molar-refractivity contribution in [2.24, 2.45) is 5.73 Å². The molecule has 0 amide bonds. The smallest absolute Gasteiger partial charge is 0.129 e. The van der Waals surface area contributed by atoms with Crippen LogP contribution in [0.5, 0.6) is 5.75 Å². The van der Waals surface area contributed by atoms with Gasteiger partial charge in [-0.1, -0.05) is 12.5 Å². The Bertz CT molecular complexity index is 342. The van der Waals surface area contributed by atoms with Crippen molar-refractivity contribution in [2.45, 2.75) is 24.7 Å². The standard InChI is InChI=1S/C11H14BrNO/c12-9-6-8(2-3-10(9)14)11(7-13)4-1-5-11/h2-3,6,14H,1,4-5,7,13H2. The lowest BCUT2D eigenvalue weighted by atomic mass is 9.64. The minimum atomic E-state index is 0.177. The summed E-state index contributed by atoms with van der Waals surface area (Å²) >= 11 is 3.33. The van der Waals surface area contributed by atoms with Crippen LogP contribution in [0.3, 0.4) is 0 Å². The van der Waals surface area contributed by atoms with E-state index in [4.69, 9.17) is 5.73 Å². The number of phenolic OH excluding ortho intramolecular Hbond substituents is 1. The second-order valence-electron chi connectivity index (χ2n) is 4.00.